The number of nitrogens with zero attached hydrogens (tertiary/aromatic N) is 2. The van der Waals surface area contributed by atoms with Gasteiger partial charge in [-0.25, -0.2) is 0 Å². The summed E-state index contributed by atoms with van der Waals surface area (Å²) in [4.78, 5) is 16.8. The average Bonchev–Trinajstić information content (AvgIpc) is 3.32. The topological polar surface area (TPSA) is 49.6 Å². The van der Waals surface area contributed by atoms with Crippen molar-refractivity contribution in [2.45, 2.75) is 89.8 Å². The van der Waals surface area contributed by atoms with Crippen molar-refractivity contribution in [2.24, 2.45) is 34.3 Å². The minimum atomic E-state index is -0.0303. The fourth-order valence-electron chi connectivity index (χ4n) is 10.1. The van der Waals surface area contributed by atoms with Crippen LogP contribution >= 0.6 is 0 Å². The van der Waals surface area contributed by atoms with Gasteiger partial charge in [0.1, 0.15) is 0 Å². The van der Waals surface area contributed by atoms with E-state index in [1.807, 2.05) is 12.1 Å². The molecule has 35 heavy (non-hydrogen) atoms. The van der Waals surface area contributed by atoms with Gasteiger partial charge in [-0.05, 0) is 125 Å². The standard InChI is InChI=1S/C31H45N3O/c1-20-26-10-11-28-30(26,19-33(20)4)16-14-27-29(3)15-13-25(18-23(29)12-17-31(27,28)32)34(5)24-8-6-22(7-9-24)21(2)35/h6-9,12,20,25-28H,10-11,13-19,32H2,1-5H3/t20?,25?,26-,27?,28?,29?,30?,31?/m1/s1. The van der Waals surface area contributed by atoms with Crippen LogP contribution in [-0.4, -0.2) is 48.9 Å². The summed E-state index contributed by atoms with van der Waals surface area (Å²) in [5.74, 6) is 2.27. The quantitative estimate of drug-likeness (QED) is 0.452. The van der Waals surface area contributed by atoms with Crippen LogP contribution < -0.4 is 10.6 Å². The van der Waals surface area contributed by atoms with Crippen molar-refractivity contribution in [3.63, 3.8) is 0 Å². The molecule has 7 unspecified atom stereocenters. The van der Waals surface area contributed by atoms with E-state index in [0.717, 1.165) is 24.3 Å². The van der Waals surface area contributed by atoms with Gasteiger partial charge in [-0.3, -0.25) is 4.79 Å². The zero-order chi connectivity index (χ0) is 24.8. The molecule has 5 aliphatic rings. The number of hydrogen-bond donors (Lipinski definition) is 1. The maximum absolute atomic E-state index is 11.7. The van der Waals surface area contributed by atoms with Crippen molar-refractivity contribution in [2.75, 3.05) is 25.5 Å². The molecule has 1 aromatic carbocycles. The van der Waals surface area contributed by atoms with E-state index < -0.39 is 0 Å². The second-order valence-electron chi connectivity index (χ2n) is 13.3. The molecule has 2 N–H and O–H groups in total. The number of Topliss-reactive ketones (excluding diaryl/α,β-unsaturated/α-hetero) is 1. The number of fused-ring (bicyclic) bond motifs is 4. The first kappa shape index (κ1) is 23.7. The molecule has 0 aromatic heterocycles. The molecule has 1 aromatic rings. The highest BCUT2D eigenvalue weighted by Crippen LogP contribution is 2.69. The number of ketones is 1. The lowest BCUT2D eigenvalue weighted by atomic mass is 9.44. The van der Waals surface area contributed by atoms with Gasteiger partial charge in [0.25, 0.3) is 0 Å². The van der Waals surface area contributed by atoms with Crippen molar-refractivity contribution >= 4 is 11.5 Å². The molecule has 6 rings (SSSR count). The summed E-state index contributed by atoms with van der Waals surface area (Å²) < 4.78 is 0. The predicted octanol–water partition coefficient (Wildman–Crippen LogP) is 5.67. The largest absolute Gasteiger partial charge is 0.371 e. The Bertz CT molecular complexity index is 1050. The van der Waals surface area contributed by atoms with E-state index in [1.165, 1.54) is 50.8 Å². The van der Waals surface area contributed by atoms with Crippen LogP contribution in [0.15, 0.2) is 35.9 Å². The Morgan fingerprint density at radius 2 is 1.83 bits per heavy atom. The molecule has 1 aliphatic heterocycles. The average molecular weight is 476 g/mol. The molecule has 1 saturated heterocycles. The highest BCUT2D eigenvalue weighted by Gasteiger charge is 2.68. The monoisotopic (exact) mass is 475 g/mol. The molecule has 1 spiro atoms. The van der Waals surface area contributed by atoms with Gasteiger partial charge in [0, 0.05) is 42.5 Å². The lowest BCUT2D eigenvalue weighted by Crippen LogP contribution is -2.67. The van der Waals surface area contributed by atoms with Crippen molar-refractivity contribution in [1.82, 2.24) is 4.90 Å². The Morgan fingerprint density at radius 3 is 2.54 bits per heavy atom. The second-order valence-corrected chi connectivity index (χ2v) is 13.3. The van der Waals surface area contributed by atoms with Crippen LogP contribution in [-0.2, 0) is 0 Å². The molecular formula is C31H45N3O. The van der Waals surface area contributed by atoms with Crippen molar-refractivity contribution in [1.29, 1.82) is 0 Å². The Labute approximate surface area is 212 Å². The number of benzene rings is 1. The van der Waals surface area contributed by atoms with E-state index in [-0.39, 0.29) is 16.7 Å². The number of carbonyl (C=O) groups is 1. The number of carbonyl (C=O) groups excluding carboxylic acids is 1. The maximum Gasteiger partial charge on any atom is 0.159 e. The number of likely N-dealkylation sites (tertiary alicyclic amines) is 1. The number of anilines is 1. The molecule has 4 aliphatic carbocycles. The summed E-state index contributed by atoms with van der Waals surface area (Å²) >= 11 is 0. The van der Waals surface area contributed by atoms with Crippen LogP contribution in [0.1, 0.15) is 82.5 Å². The Morgan fingerprint density at radius 1 is 1.09 bits per heavy atom. The van der Waals surface area contributed by atoms with Crippen molar-refractivity contribution in [3.8, 4) is 0 Å². The van der Waals surface area contributed by atoms with Gasteiger partial charge in [-0.15, -0.1) is 0 Å². The van der Waals surface area contributed by atoms with Crippen LogP contribution in [0.3, 0.4) is 0 Å². The minimum absolute atomic E-state index is 0.0303. The van der Waals surface area contributed by atoms with Gasteiger partial charge in [-0.1, -0.05) is 18.6 Å². The molecule has 8 atom stereocenters. The van der Waals surface area contributed by atoms with Crippen LogP contribution in [0.25, 0.3) is 0 Å². The zero-order valence-corrected chi connectivity index (χ0v) is 22.5. The Kier molecular flexibility index (Phi) is 5.37. The van der Waals surface area contributed by atoms with Crippen LogP contribution in [0, 0.1) is 28.6 Å². The summed E-state index contributed by atoms with van der Waals surface area (Å²) in [5, 5.41) is 0. The summed E-state index contributed by atoms with van der Waals surface area (Å²) in [6, 6.07) is 9.39. The van der Waals surface area contributed by atoms with Gasteiger partial charge in [0.15, 0.2) is 5.78 Å². The highest BCUT2D eigenvalue weighted by molar-refractivity contribution is 5.94. The summed E-state index contributed by atoms with van der Waals surface area (Å²) in [6.07, 6.45) is 12.7. The van der Waals surface area contributed by atoms with Gasteiger partial charge >= 0.3 is 0 Å². The third-order valence-corrected chi connectivity index (χ3v) is 12.1. The molecule has 4 nitrogen and oxygen atoms in total. The third kappa shape index (κ3) is 3.21. The zero-order valence-electron chi connectivity index (χ0n) is 22.5. The van der Waals surface area contributed by atoms with E-state index in [4.69, 9.17) is 5.73 Å². The molecule has 0 amide bonds. The van der Waals surface area contributed by atoms with Gasteiger partial charge in [0.2, 0.25) is 0 Å². The summed E-state index contributed by atoms with van der Waals surface area (Å²) in [6.45, 7) is 7.93. The highest BCUT2D eigenvalue weighted by atomic mass is 16.1. The lowest BCUT2D eigenvalue weighted by molar-refractivity contribution is -0.0591. The van der Waals surface area contributed by atoms with Crippen molar-refractivity contribution in [3.05, 3.63) is 41.5 Å². The molecule has 0 bridgehead atoms. The van der Waals surface area contributed by atoms with E-state index in [9.17, 15) is 4.79 Å². The molecular weight excluding hydrogens is 430 g/mol. The summed E-state index contributed by atoms with van der Waals surface area (Å²) in [7, 11) is 4.57. The van der Waals surface area contributed by atoms with E-state index in [2.05, 4.69) is 56.0 Å². The van der Waals surface area contributed by atoms with Crippen LogP contribution in [0.4, 0.5) is 5.69 Å². The van der Waals surface area contributed by atoms with Crippen molar-refractivity contribution < 1.29 is 4.79 Å². The molecule has 4 heteroatoms. The first-order valence-electron chi connectivity index (χ1n) is 14.1. The van der Waals surface area contributed by atoms with Crippen LogP contribution in [0.2, 0.25) is 0 Å². The SMILES string of the molecule is CC(=O)c1ccc(N(C)C2CCC3(C)C(=CCC4(N)C3CCC35CN(C)C(C)[C@H]3CCC45)C2)cc1. The molecule has 1 heterocycles. The third-order valence-electron chi connectivity index (χ3n) is 12.1. The maximum atomic E-state index is 11.7. The second kappa shape index (κ2) is 7.92. The number of rotatable bonds is 3. The molecule has 0 radical (unpaired) electrons. The predicted molar refractivity (Wildman–Crippen MR) is 144 cm³/mol. The Hall–Kier alpha value is -1.65. The molecule has 4 fully saturated rings. The van der Waals surface area contributed by atoms with E-state index in [1.54, 1.807) is 12.5 Å². The van der Waals surface area contributed by atoms with E-state index >= 15 is 0 Å². The first-order chi connectivity index (χ1) is 16.6. The minimum Gasteiger partial charge on any atom is -0.371 e. The first-order valence-corrected chi connectivity index (χ1v) is 14.1. The van der Waals surface area contributed by atoms with Gasteiger partial charge in [-0.2, -0.15) is 0 Å². The lowest BCUT2D eigenvalue weighted by Gasteiger charge is -2.63. The Balaban J connectivity index is 1.25. The number of nitrogens with two attached hydrogens (primary N) is 1. The van der Waals surface area contributed by atoms with Crippen LogP contribution in [0.5, 0.6) is 0 Å². The number of hydrogen-bond acceptors (Lipinski definition) is 4. The molecule has 3 saturated carbocycles. The fourth-order valence-corrected chi connectivity index (χ4v) is 10.1. The molecule has 190 valence electrons. The van der Waals surface area contributed by atoms with Gasteiger partial charge in [0.05, 0.1) is 0 Å². The van der Waals surface area contributed by atoms with E-state index in [0.29, 0.717) is 29.3 Å². The summed E-state index contributed by atoms with van der Waals surface area (Å²) in [5.41, 5.74) is 12.0. The smallest absolute Gasteiger partial charge is 0.159 e. The normalized spacial score (nSPS) is 44.6. The van der Waals surface area contributed by atoms with Gasteiger partial charge < -0.3 is 15.5 Å². The fraction of sp³-hybridized carbons (Fsp3) is 0.710.